The Morgan fingerprint density at radius 2 is 1.63 bits per heavy atom. The van der Waals surface area contributed by atoms with Crippen LogP contribution in [0.15, 0.2) is 42.5 Å². The zero-order chi connectivity index (χ0) is 20.0. The number of rotatable bonds is 7. The van der Waals surface area contributed by atoms with Crippen molar-refractivity contribution in [2.45, 2.75) is 20.8 Å². The van der Waals surface area contributed by atoms with Gasteiger partial charge in [0.1, 0.15) is 12.4 Å². The van der Waals surface area contributed by atoms with E-state index in [9.17, 15) is 14.0 Å². The van der Waals surface area contributed by atoms with Crippen LogP contribution in [0.3, 0.4) is 0 Å². The van der Waals surface area contributed by atoms with Crippen molar-refractivity contribution in [2.24, 2.45) is 0 Å². The molecule has 27 heavy (non-hydrogen) atoms. The standard InChI is InChI=1S/C20H23ClFN3O2/c1-4-24(5-2)16-8-6-15(7-9-16)23-20(27)13-25(14(3)26)17-10-11-19(22)18(21)12-17/h6-12H,4-5,13H2,1-3H3,(H,23,27). The third-order valence-electron chi connectivity index (χ3n) is 4.18. The summed E-state index contributed by atoms with van der Waals surface area (Å²) in [4.78, 5) is 27.7. The van der Waals surface area contributed by atoms with Gasteiger partial charge < -0.3 is 15.1 Å². The van der Waals surface area contributed by atoms with Crippen LogP contribution < -0.4 is 15.1 Å². The molecule has 0 fully saturated rings. The molecule has 2 aromatic rings. The molecule has 0 aliphatic carbocycles. The molecule has 0 spiro atoms. The van der Waals surface area contributed by atoms with Crippen LogP contribution in [-0.4, -0.2) is 31.4 Å². The third-order valence-corrected chi connectivity index (χ3v) is 4.47. The highest BCUT2D eigenvalue weighted by Crippen LogP contribution is 2.23. The van der Waals surface area contributed by atoms with Crippen LogP contribution >= 0.6 is 11.6 Å². The SMILES string of the molecule is CCN(CC)c1ccc(NC(=O)CN(C(C)=O)c2ccc(F)c(Cl)c2)cc1. The van der Waals surface area contributed by atoms with E-state index in [1.54, 1.807) is 0 Å². The first-order chi connectivity index (χ1) is 12.8. The number of nitrogens with one attached hydrogen (secondary N) is 1. The maximum Gasteiger partial charge on any atom is 0.244 e. The summed E-state index contributed by atoms with van der Waals surface area (Å²) in [6.07, 6.45) is 0. The second kappa shape index (κ2) is 9.37. The fraction of sp³-hybridized carbons (Fsp3) is 0.300. The zero-order valence-corrected chi connectivity index (χ0v) is 16.4. The summed E-state index contributed by atoms with van der Waals surface area (Å²) in [5.74, 6) is -1.28. The van der Waals surface area contributed by atoms with Crippen LogP contribution in [0.4, 0.5) is 21.5 Å². The molecule has 2 aromatic carbocycles. The largest absolute Gasteiger partial charge is 0.372 e. The van der Waals surface area contributed by atoms with Gasteiger partial charge in [0.05, 0.1) is 5.02 Å². The fourth-order valence-electron chi connectivity index (χ4n) is 2.73. The zero-order valence-electron chi connectivity index (χ0n) is 15.6. The van der Waals surface area contributed by atoms with Crippen molar-refractivity contribution in [2.75, 3.05) is 34.8 Å². The van der Waals surface area contributed by atoms with Crippen molar-refractivity contribution in [1.82, 2.24) is 0 Å². The number of carbonyl (C=O) groups excluding carboxylic acids is 2. The van der Waals surface area contributed by atoms with Crippen LogP contribution in [0.2, 0.25) is 5.02 Å². The number of hydrogen-bond acceptors (Lipinski definition) is 3. The summed E-state index contributed by atoms with van der Waals surface area (Å²) in [6, 6.07) is 11.4. The first-order valence-corrected chi connectivity index (χ1v) is 9.11. The molecule has 0 aliphatic heterocycles. The Hall–Kier alpha value is -2.60. The van der Waals surface area contributed by atoms with Crippen molar-refractivity contribution in [3.8, 4) is 0 Å². The number of anilines is 3. The first-order valence-electron chi connectivity index (χ1n) is 8.73. The molecule has 1 N–H and O–H groups in total. The molecule has 0 heterocycles. The van der Waals surface area contributed by atoms with Crippen molar-refractivity contribution >= 4 is 40.5 Å². The molecule has 2 rings (SSSR count). The van der Waals surface area contributed by atoms with Gasteiger partial charge in [0.15, 0.2) is 0 Å². The molecule has 2 amide bonds. The molecule has 7 heteroatoms. The lowest BCUT2D eigenvalue weighted by Crippen LogP contribution is -2.36. The van der Waals surface area contributed by atoms with Crippen LogP contribution in [0, 0.1) is 5.82 Å². The molecule has 0 aromatic heterocycles. The minimum Gasteiger partial charge on any atom is -0.372 e. The average Bonchev–Trinajstić information content (AvgIpc) is 2.64. The summed E-state index contributed by atoms with van der Waals surface area (Å²) in [6.45, 7) is 7.10. The molecular weight excluding hydrogens is 369 g/mol. The predicted molar refractivity (Wildman–Crippen MR) is 108 cm³/mol. The number of hydrogen-bond donors (Lipinski definition) is 1. The maximum atomic E-state index is 13.3. The highest BCUT2D eigenvalue weighted by atomic mass is 35.5. The lowest BCUT2D eigenvalue weighted by molar-refractivity contribution is -0.120. The molecule has 0 atom stereocenters. The molecular formula is C20H23ClFN3O2. The summed E-state index contributed by atoms with van der Waals surface area (Å²) in [5.41, 5.74) is 2.07. The Kier molecular flexibility index (Phi) is 7.19. The van der Waals surface area contributed by atoms with Crippen LogP contribution in [-0.2, 0) is 9.59 Å². The predicted octanol–water partition coefficient (Wildman–Crippen LogP) is 4.32. The van der Waals surface area contributed by atoms with Gasteiger partial charge in [0.25, 0.3) is 0 Å². The Bertz CT molecular complexity index is 807. The maximum absolute atomic E-state index is 13.3. The van der Waals surface area contributed by atoms with E-state index in [4.69, 9.17) is 11.6 Å². The summed E-state index contributed by atoms with van der Waals surface area (Å²) in [7, 11) is 0. The second-order valence-corrected chi connectivity index (χ2v) is 6.38. The van der Waals surface area contributed by atoms with Crippen LogP contribution in [0.25, 0.3) is 0 Å². The molecule has 0 aliphatic rings. The van der Waals surface area contributed by atoms with Gasteiger partial charge in [-0.2, -0.15) is 0 Å². The van der Waals surface area contributed by atoms with Gasteiger partial charge in [-0.15, -0.1) is 0 Å². The van der Waals surface area contributed by atoms with E-state index in [2.05, 4.69) is 24.1 Å². The second-order valence-electron chi connectivity index (χ2n) is 5.97. The Morgan fingerprint density at radius 1 is 1.04 bits per heavy atom. The molecule has 0 radical (unpaired) electrons. The molecule has 0 saturated carbocycles. The number of nitrogens with zero attached hydrogens (tertiary/aromatic N) is 2. The summed E-state index contributed by atoms with van der Waals surface area (Å²) < 4.78 is 13.3. The Balaban J connectivity index is 2.07. The number of amides is 2. The van der Waals surface area contributed by atoms with E-state index < -0.39 is 5.82 Å². The van der Waals surface area contributed by atoms with Crippen LogP contribution in [0.5, 0.6) is 0 Å². The lowest BCUT2D eigenvalue weighted by atomic mass is 10.2. The fourth-order valence-corrected chi connectivity index (χ4v) is 2.90. The summed E-state index contributed by atoms with van der Waals surface area (Å²) in [5, 5.41) is 2.66. The normalized spacial score (nSPS) is 10.4. The van der Waals surface area contributed by atoms with Crippen molar-refractivity contribution in [1.29, 1.82) is 0 Å². The van der Waals surface area contributed by atoms with Crippen molar-refractivity contribution in [3.05, 3.63) is 53.3 Å². The number of halogens is 2. The van der Waals surface area contributed by atoms with Gasteiger partial charge in [0, 0.05) is 37.1 Å². The van der Waals surface area contributed by atoms with Crippen LogP contribution in [0.1, 0.15) is 20.8 Å². The highest BCUT2D eigenvalue weighted by molar-refractivity contribution is 6.31. The van der Waals surface area contributed by atoms with E-state index in [1.165, 1.54) is 24.0 Å². The van der Waals surface area contributed by atoms with E-state index in [0.717, 1.165) is 24.8 Å². The van der Waals surface area contributed by atoms with Gasteiger partial charge in [-0.25, -0.2) is 4.39 Å². The van der Waals surface area contributed by atoms with E-state index >= 15 is 0 Å². The van der Waals surface area contributed by atoms with Crippen molar-refractivity contribution in [3.63, 3.8) is 0 Å². The molecule has 5 nitrogen and oxygen atoms in total. The minimum atomic E-state index is -0.582. The number of carbonyl (C=O) groups is 2. The van der Waals surface area contributed by atoms with Gasteiger partial charge in [-0.05, 0) is 56.3 Å². The lowest BCUT2D eigenvalue weighted by Gasteiger charge is -2.22. The Morgan fingerprint density at radius 3 is 2.15 bits per heavy atom. The van der Waals surface area contributed by atoms with E-state index in [-0.39, 0.29) is 23.4 Å². The first kappa shape index (κ1) is 20.7. The average molecular weight is 392 g/mol. The van der Waals surface area contributed by atoms with Gasteiger partial charge >= 0.3 is 0 Å². The van der Waals surface area contributed by atoms with Crippen molar-refractivity contribution < 1.29 is 14.0 Å². The quantitative estimate of drug-likeness (QED) is 0.764. The Labute approximate surface area is 163 Å². The minimum absolute atomic E-state index is 0.105. The smallest absolute Gasteiger partial charge is 0.244 e. The molecule has 0 unspecified atom stereocenters. The number of benzene rings is 2. The summed E-state index contributed by atoms with van der Waals surface area (Å²) >= 11 is 5.78. The monoisotopic (exact) mass is 391 g/mol. The highest BCUT2D eigenvalue weighted by Gasteiger charge is 2.17. The van der Waals surface area contributed by atoms with Gasteiger partial charge in [-0.3, -0.25) is 9.59 Å². The van der Waals surface area contributed by atoms with E-state index in [0.29, 0.717) is 11.4 Å². The molecule has 0 saturated heterocycles. The van der Waals surface area contributed by atoms with E-state index in [1.807, 2.05) is 24.3 Å². The third kappa shape index (κ3) is 5.44. The topological polar surface area (TPSA) is 52.7 Å². The van der Waals surface area contributed by atoms with Gasteiger partial charge in [0.2, 0.25) is 11.8 Å². The molecule has 144 valence electrons. The van der Waals surface area contributed by atoms with Gasteiger partial charge in [-0.1, -0.05) is 11.6 Å². The molecule has 0 bridgehead atoms.